The molecule has 1 aliphatic rings. The van der Waals surface area contributed by atoms with Crippen LogP contribution in [0, 0.1) is 17.2 Å². The normalized spacial score (nSPS) is 14.5. The molecule has 6 heteroatoms. The first-order chi connectivity index (χ1) is 10.4. The van der Waals surface area contributed by atoms with Crippen LogP contribution in [0.5, 0.6) is 0 Å². The molecule has 1 aliphatic carbocycles. The maximum Gasteiger partial charge on any atom is 0.416 e. The summed E-state index contributed by atoms with van der Waals surface area (Å²) in [6.07, 6.45) is -2.10. The van der Waals surface area contributed by atoms with Gasteiger partial charge in [0.15, 0.2) is 0 Å². The van der Waals surface area contributed by atoms with Gasteiger partial charge in [-0.15, -0.1) is 0 Å². The van der Waals surface area contributed by atoms with Crippen molar-refractivity contribution in [2.45, 2.75) is 31.9 Å². The number of benzene rings is 1. The van der Waals surface area contributed by atoms with Crippen LogP contribution < -0.4 is 0 Å². The summed E-state index contributed by atoms with van der Waals surface area (Å²) in [7, 11) is 0. The number of halogens is 3. The SMILES string of the molecule is N#CCCN(CC1CC1)C(=O)Cc1cccc(C(F)(F)F)c1. The van der Waals surface area contributed by atoms with Gasteiger partial charge in [-0.05, 0) is 30.4 Å². The maximum absolute atomic E-state index is 12.7. The van der Waals surface area contributed by atoms with Crippen molar-refractivity contribution >= 4 is 5.91 Å². The second kappa shape index (κ2) is 6.82. The van der Waals surface area contributed by atoms with E-state index in [9.17, 15) is 18.0 Å². The number of carbonyl (C=O) groups is 1. The molecule has 1 aromatic carbocycles. The Bertz CT molecular complexity index is 573. The Balaban J connectivity index is 2.03. The van der Waals surface area contributed by atoms with E-state index in [0.29, 0.717) is 24.6 Å². The smallest absolute Gasteiger partial charge is 0.341 e. The molecule has 1 amide bonds. The molecule has 0 N–H and O–H groups in total. The molecule has 0 heterocycles. The van der Waals surface area contributed by atoms with Crippen molar-refractivity contribution in [2.24, 2.45) is 5.92 Å². The number of hydrogen-bond acceptors (Lipinski definition) is 2. The molecule has 0 saturated heterocycles. The molecular formula is C16H17F3N2O. The van der Waals surface area contributed by atoms with Crippen LogP contribution in [0.4, 0.5) is 13.2 Å². The fraction of sp³-hybridized carbons (Fsp3) is 0.500. The molecular weight excluding hydrogens is 293 g/mol. The molecule has 118 valence electrons. The van der Waals surface area contributed by atoms with E-state index >= 15 is 0 Å². The van der Waals surface area contributed by atoms with Gasteiger partial charge in [0, 0.05) is 13.1 Å². The molecule has 1 fully saturated rings. The van der Waals surface area contributed by atoms with Gasteiger partial charge in [0.25, 0.3) is 0 Å². The van der Waals surface area contributed by atoms with E-state index in [0.717, 1.165) is 25.0 Å². The van der Waals surface area contributed by atoms with Crippen molar-refractivity contribution in [1.82, 2.24) is 4.90 Å². The molecule has 0 spiro atoms. The summed E-state index contributed by atoms with van der Waals surface area (Å²) in [4.78, 5) is 13.9. The molecule has 22 heavy (non-hydrogen) atoms. The summed E-state index contributed by atoms with van der Waals surface area (Å²) >= 11 is 0. The molecule has 0 bridgehead atoms. The van der Waals surface area contributed by atoms with Gasteiger partial charge in [-0.25, -0.2) is 0 Å². The van der Waals surface area contributed by atoms with Gasteiger partial charge in [0.05, 0.1) is 24.5 Å². The van der Waals surface area contributed by atoms with E-state index in [1.807, 2.05) is 6.07 Å². The number of alkyl halides is 3. The Labute approximate surface area is 127 Å². The highest BCUT2D eigenvalue weighted by molar-refractivity contribution is 5.78. The first-order valence-electron chi connectivity index (χ1n) is 7.21. The average Bonchev–Trinajstić information content (AvgIpc) is 3.26. The molecule has 1 aromatic rings. The molecule has 0 radical (unpaired) electrons. The largest absolute Gasteiger partial charge is 0.416 e. The molecule has 1 saturated carbocycles. The van der Waals surface area contributed by atoms with Crippen LogP contribution in [0.2, 0.25) is 0 Å². The Morgan fingerprint density at radius 1 is 1.36 bits per heavy atom. The maximum atomic E-state index is 12.7. The highest BCUT2D eigenvalue weighted by Crippen LogP contribution is 2.31. The Kier molecular flexibility index (Phi) is 5.07. The zero-order valence-corrected chi connectivity index (χ0v) is 12.1. The summed E-state index contributed by atoms with van der Waals surface area (Å²) in [6.45, 7) is 0.935. The minimum atomic E-state index is -4.41. The van der Waals surface area contributed by atoms with E-state index in [4.69, 9.17) is 5.26 Å². The Hall–Kier alpha value is -2.03. The number of hydrogen-bond donors (Lipinski definition) is 0. The first-order valence-corrected chi connectivity index (χ1v) is 7.21. The van der Waals surface area contributed by atoms with Gasteiger partial charge >= 0.3 is 6.18 Å². The highest BCUT2D eigenvalue weighted by Gasteiger charge is 2.31. The van der Waals surface area contributed by atoms with E-state index in [1.165, 1.54) is 12.1 Å². The van der Waals surface area contributed by atoms with Gasteiger partial charge in [-0.2, -0.15) is 18.4 Å². The zero-order valence-electron chi connectivity index (χ0n) is 12.1. The van der Waals surface area contributed by atoms with Gasteiger partial charge in [-0.1, -0.05) is 18.2 Å². The number of carbonyl (C=O) groups excluding carboxylic acids is 1. The second-order valence-corrected chi connectivity index (χ2v) is 5.57. The van der Waals surface area contributed by atoms with Crippen molar-refractivity contribution in [3.05, 3.63) is 35.4 Å². The lowest BCUT2D eigenvalue weighted by Crippen LogP contribution is -2.35. The lowest BCUT2D eigenvalue weighted by molar-refractivity contribution is -0.138. The molecule has 2 rings (SSSR count). The van der Waals surface area contributed by atoms with E-state index in [1.54, 1.807) is 4.90 Å². The quantitative estimate of drug-likeness (QED) is 0.808. The fourth-order valence-corrected chi connectivity index (χ4v) is 2.26. The van der Waals surface area contributed by atoms with E-state index in [-0.39, 0.29) is 18.7 Å². The van der Waals surface area contributed by atoms with Crippen molar-refractivity contribution in [3.63, 3.8) is 0 Å². The van der Waals surface area contributed by atoms with Crippen molar-refractivity contribution in [1.29, 1.82) is 5.26 Å². The average molecular weight is 310 g/mol. The van der Waals surface area contributed by atoms with Crippen LogP contribution in [0.3, 0.4) is 0 Å². The zero-order chi connectivity index (χ0) is 16.2. The predicted octanol–water partition coefficient (Wildman–Crippen LogP) is 3.40. The first kappa shape index (κ1) is 16.3. The van der Waals surface area contributed by atoms with Crippen LogP contribution >= 0.6 is 0 Å². The van der Waals surface area contributed by atoms with Crippen LogP contribution in [-0.2, 0) is 17.4 Å². The van der Waals surface area contributed by atoms with Gasteiger partial charge < -0.3 is 4.90 Å². The van der Waals surface area contributed by atoms with Gasteiger partial charge in [0.2, 0.25) is 5.91 Å². The van der Waals surface area contributed by atoms with E-state index in [2.05, 4.69) is 0 Å². The van der Waals surface area contributed by atoms with Crippen LogP contribution in [0.15, 0.2) is 24.3 Å². The molecule has 3 nitrogen and oxygen atoms in total. The van der Waals surface area contributed by atoms with Crippen molar-refractivity contribution in [3.8, 4) is 6.07 Å². The second-order valence-electron chi connectivity index (χ2n) is 5.57. The molecule has 0 atom stereocenters. The Morgan fingerprint density at radius 2 is 2.09 bits per heavy atom. The lowest BCUT2D eigenvalue weighted by Gasteiger charge is -2.21. The molecule has 0 aliphatic heterocycles. The van der Waals surface area contributed by atoms with Crippen LogP contribution in [0.1, 0.15) is 30.4 Å². The summed E-state index contributed by atoms with van der Waals surface area (Å²) in [5.74, 6) is 0.255. The third-order valence-electron chi connectivity index (χ3n) is 3.63. The minimum absolute atomic E-state index is 0.0674. The number of amides is 1. The fourth-order valence-electron chi connectivity index (χ4n) is 2.26. The molecule has 0 aromatic heterocycles. The lowest BCUT2D eigenvalue weighted by atomic mass is 10.1. The monoisotopic (exact) mass is 310 g/mol. The topological polar surface area (TPSA) is 44.1 Å². The standard InChI is InChI=1S/C16H17F3N2O/c17-16(18,19)14-4-1-3-13(9-14)10-15(22)21(8-2-7-20)11-12-5-6-12/h1,3-4,9,12H,2,5-6,8,10-11H2. The van der Waals surface area contributed by atoms with Gasteiger partial charge in [0.1, 0.15) is 0 Å². The van der Waals surface area contributed by atoms with Crippen LogP contribution in [-0.4, -0.2) is 23.9 Å². The third-order valence-corrected chi connectivity index (χ3v) is 3.63. The molecule has 0 unspecified atom stereocenters. The number of rotatable bonds is 6. The van der Waals surface area contributed by atoms with E-state index < -0.39 is 11.7 Å². The van der Waals surface area contributed by atoms with Crippen molar-refractivity contribution in [2.75, 3.05) is 13.1 Å². The highest BCUT2D eigenvalue weighted by atomic mass is 19.4. The van der Waals surface area contributed by atoms with Crippen LogP contribution in [0.25, 0.3) is 0 Å². The minimum Gasteiger partial charge on any atom is -0.341 e. The van der Waals surface area contributed by atoms with Crippen molar-refractivity contribution < 1.29 is 18.0 Å². The Morgan fingerprint density at radius 3 is 2.68 bits per heavy atom. The summed E-state index contributed by atoms with van der Waals surface area (Å²) < 4.78 is 38.0. The predicted molar refractivity (Wildman–Crippen MR) is 74.7 cm³/mol. The summed E-state index contributed by atoms with van der Waals surface area (Å²) in [5.41, 5.74) is -0.402. The summed E-state index contributed by atoms with van der Waals surface area (Å²) in [6, 6.07) is 6.83. The third kappa shape index (κ3) is 4.76. The number of nitrogens with zero attached hydrogens (tertiary/aromatic N) is 2. The number of nitriles is 1. The summed E-state index contributed by atoms with van der Waals surface area (Å²) in [5, 5.41) is 8.65. The van der Waals surface area contributed by atoms with Gasteiger partial charge in [-0.3, -0.25) is 4.79 Å².